The molecule has 0 aromatic rings. The molecule has 1 unspecified atom stereocenters. The first-order valence-corrected chi connectivity index (χ1v) is 13.9. The summed E-state index contributed by atoms with van der Waals surface area (Å²) in [6.45, 7) is 9.64. The molecule has 0 bridgehead atoms. The van der Waals surface area contributed by atoms with E-state index in [1.54, 1.807) is 0 Å². The molecule has 6 nitrogen and oxygen atoms in total. The van der Waals surface area contributed by atoms with Crippen LogP contribution >= 0.6 is 8.60 Å². The van der Waals surface area contributed by atoms with Crippen molar-refractivity contribution in [3.8, 4) is 0 Å². The van der Waals surface area contributed by atoms with Crippen LogP contribution in [0.25, 0.3) is 0 Å². The molecule has 0 aromatic heterocycles. The lowest BCUT2D eigenvalue weighted by Gasteiger charge is -2.39. The lowest BCUT2D eigenvalue weighted by atomic mass is 9.97. The largest absolute Gasteiger partial charge is 0.356 e. The van der Waals surface area contributed by atoms with E-state index < -0.39 is 8.60 Å². The van der Waals surface area contributed by atoms with E-state index in [-0.39, 0.29) is 5.91 Å². The minimum Gasteiger partial charge on any atom is -0.356 e. The molecule has 1 atom stereocenters. The van der Waals surface area contributed by atoms with Crippen molar-refractivity contribution in [1.29, 1.82) is 0 Å². The highest BCUT2D eigenvalue weighted by atomic mass is 31.2. The summed E-state index contributed by atoms with van der Waals surface area (Å²) in [6, 6.07) is 0. The van der Waals surface area contributed by atoms with Gasteiger partial charge in [0.05, 0.1) is 26.7 Å². The minimum absolute atomic E-state index is 0.123. The van der Waals surface area contributed by atoms with Gasteiger partial charge in [0, 0.05) is 13.0 Å². The summed E-state index contributed by atoms with van der Waals surface area (Å²) in [6.07, 6.45) is 14.9. The Morgan fingerprint density at radius 3 is 2.26 bits per heavy atom. The standard InChI is InChI=1S/C24H49N2O4P/c1-4-5-6-7-8-9-10-12-17-25-24(27)14-11-13-21-29-31(28)30-22-20-26(3)18-15-23(2)16-19-26/h23,28H,4-22H2,1-3H3/p+1. The van der Waals surface area contributed by atoms with E-state index >= 15 is 0 Å². The van der Waals surface area contributed by atoms with Crippen LogP contribution in [0.2, 0.25) is 0 Å². The van der Waals surface area contributed by atoms with E-state index in [9.17, 15) is 9.69 Å². The summed E-state index contributed by atoms with van der Waals surface area (Å²) in [5.74, 6) is 0.955. The van der Waals surface area contributed by atoms with Crippen LogP contribution in [-0.4, -0.2) is 61.7 Å². The second-order valence-corrected chi connectivity index (χ2v) is 10.7. The van der Waals surface area contributed by atoms with Gasteiger partial charge in [0.1, 0.15) is 13.2 Å². The molecule has 0 saturated carbocycles. The van der Waals surface area contributed by atoms with Crippen molar-refractivity contribution in [3.05, 3.63) is 0 Å². The van der Waals surface area contributed by atoms with Crippen LogP contribution in [-0.2, 0) is 13.8 Å². The van der Waals surface area contributed by atoms with E-state index in [0.717, 1.165) is 42.8 Å². The van der Waals surface area contributed by atoms with Crippen molar-refractivity contribution in [3.63, 3.8) is 0 Å². The third-order valence-corrected chi connectivity index (χ3v) is 7.32. The molecule has 1 amide bonds. The number of rotatable bonds is 19. The van der Waals surface area contributed by atoms with Crippen molar-refractivity contribution in [2.75, 3.05) is 46.4 Å². The monoisotopic (exact) mass is 461 g/mol. The normalized spacial score (nSPS) is 22.4. The number of amides is 1. The molecule has 1 aliphatic heterocycles. The smallest absolute Gasteiger partial charge is 0.330 e. The van der Waals surface area contributed by atoms with Crippen LogP contribution in [0, 0.1) is 5.92 Å². The summed E-state index contributed by atoms with van der Waals surface area (Å²) >= 11 is 0. The Morgan fingerprint density at radius 1 is 0.968 bits per heavy atom. The zero-order chi connectivity index (χ0) is 22.8. The highest BCUT2D eigenvalue weighted by Gasteiger charge is 2.28. The van der Waals surface area contributed by atoms with Crippen LogP contribution in [0.15, 0.2) is 0 Å². The van der Waals surface area contributed by atoms with Gasteiger partial charge in [0.25, 0.3) is 0 Å². The van der Waals surface area contributed by atoms with Crippen molar-refractivity contribution >= 4 is 14.5 Å². The van der Waals surface area contributed by atoms with Gasteiger partial charge in [-0.3, -0.25) is 4.79 Å². The van der Waals surface area contributed by atoms with Crippen LogP contribution in [0.5, 0.6) is 0 Å². The molecule has 1 aliphatic rings. The van der Waals surface area contributed by atoms with Gasteiger partial charge in [-0.1, -0.05) is 58.8 Å². The van der Waals surface area contributed by atoms with Crippen molar-refractivity contribution in [2.45, 2.75) is 97.3 Å². The molecule has 0 aromatic carbocycles. The van der Waals surface area contributed by atoms with Crippen LogP contribution in [0.4, 0.5) is 0 Å². The maximum Gasteiger partial charge on any atom is 0.330 e. The van der Waals surface area contributed by atoms with Crippen LogP contribution in [0.3, 0.4) is 0 Å². The van der Waals surface area contributed by atoms with Crippen LogP contribution < -0.4 is 5.32 Å². The Bertz CT molecular complexity index is 445. The number of nitrogens with zero attached hydrogens (tertiary/aromatic N) is 1. The highest BCUT2D eigenvalue weighted by Crippen LogP contribution is 2.33. The third-order valence-electron chi connectivity index (χ3n) is 6.51. The fourth-order valence-corrected chi connectivity index (χ4v) is 4.62. The van der Waals surface area contributed by atoms with Gasteiger partial charge < -0.3 is 23.7 Å². The summed E-state index contributed by atoms with van der Waals surface area (Å²) in [4.78, 5) is 21.8. The fraction of sp³-hybridized carbons (Fsp3) is 0.958. The molecule has 1 saturated heterocycles. The number of likely N-dealkylation sites (N-methyl/N-ethyl adjacent to an activating group) is 1. The Kier molecular flexibility index (Phi) is 16.9. The number of piperidine rings is 1. The molecule has 2 N–H and O–H groups in total. The zero-order valence-corrected chi connectivity index (χ0v) is 21.5. The predicted octanol–water partition coefficient (Wildman–Crippen LogP) is 5.54. The Labute approximate surface area is 193 Å². The maximum absolute atomic E-state index is 11.9. The SMILES string of the molecule is CCCCCCCCCCNC(=O)CCCCOP(O)OCC[N+]1(C)CCC(C)CC1. The van der Waals surface area contributed by atoms with Gasteiger partial charge in [-0.05, 0) is 38.0 Å². The molecule has 1 rings (SSSR count). The average Bonchev–Trinajstić information content (AvgIpc) is 2.74. The van der Waals surface area contributed by atoms with E-state index in [1.807, 2.05) is 0 Å². The summed E-state index contributed by atoms with van der Waals surface area (Å²) in [5, 5.41) is 3.01. The number of carbonyl (C=O) groups is 1. The van der Waals surface area contributed by atoms with Gasteiger partial charge in [-0.25, -0.2) is 0 Å². The number of hydrogen-bond donors (Lipinski definition) is 2. The van der Waals surface area contributed by atoms with Crippen molar-refractivity contribution in [2.24, 2.45) is 5.92 Å². The Hall–Kier alpha value is -0.260. The molecule has 184 valence electrons. The fourth-order valence-electron chi connectivity index (χ4n) is 4.03. The van der Waals surface area contributed by atoms with Crippen LogP contribution in [0.1, 0.15) is 97.3 Å². The molecule has 31 heavy (non-hydrogen) atoms. The Balaban J connectivity index is 1.87. The highest BCUT2D eigenvalue weighted by molar-refractivity contribution is 7.40. The second-order valence-electron chi connectivity index (χ2n) is 9.66. The van der Waals surface area contributed by atoms with E-state index in [4.69, 9.17) is 9.05 Å². The van der Waals surface area contributed by atoms with E-state index in [1.165, 1.54) is 70.9 Å². The van der Waals surface area contributed by atoms with Gasteiger partial charge in [-0.15, -0.1) is 0 Å². The number of hydrogen-bond acceptors (Lipinski definition) is 4. The third kappa shape index (κ3) is 16.1. The summed E-state index contributed by atoms with van der Waals surface area (Å²) in [5.41, 5.74) is 0. The van der Waals surface area contributed by atoms with E-state index in [2.05, 4.69) is 26.2 Å². The lowest BCUT2D eigenvalue weighted by molar-refractivity contribution is -0.915. The van der Waals surface area contributed by atoms with Gasteiger partial charge in [-0.2, -0.15) is 0 Å². The van der Waals surface area contributed by atoms with Gasteiger partial charge in [0.2, 0.25) is 5.91 Å². The molecule has 0 aliphatic carbocycles. The predicted molar refractivity (Wildman–Crippen MR) is 130 cm³/mol. The number of quaternary nitrogens is 1. The molecule has 7 heteroatoms. The summed E-state index contributed by atoms with van der Waals surface area (Å²) in [7, 11) is 0.471. The zero-order valence-electron chi connectivity index (χ0n) is 20.6. The number of carbonyl (C=O) groups excluding carboxylic acids is 1. The number of nitrogens with one attached hydrogen (secondary N) is 1. The van der Waals surface area contributed by atoms with Gasteiger partial charge in [0.15, 0.2) is 0 Å². The quantitative estimate of drug-likeness (QED) is 0.150. The molecule has 0 radical (unpaired) electrons. The molecule has 1 fully saturated rings. The van der Waals surface area contributed by atoms with Gasteiger partial charge >= 0.3 is 8.60 Å². The second kappa shape index (κ2) is 18.2. The number of likely N-dealkylation sites (tertiary alicyclic amines) is 1. The lowest BCUT2D eigenvalue weighted by Crippen LogP contribution is -2.51. The first-order valence-electron chi connectivity index (χ1n) is 12.8. The van der Waals surface area contributed by atoms with Crippen molar-refractivity contribution < 1.29 is 23.2 Å². The molecule has 1 heterocycles. The molecular weight excluding hydrogens is 411 g/mol. The average molecular weight is 462 g/mol. The first-order chi connectivity index (χ1) is 14.9. The Morgan fingerprint density at radius 2 is 1.58 bits per heavy atom. The summed E-state index contributed by atoms with van der Waals surface area (Å²) < 4.78 is 11.9. The maximum atomic E-state index is 11.9. The van der Waals surface area contributed by atoms with E-state index in [0.29, 0.717) is 19.6 Å². The number of unbranched alkanes of at least 4 members (excludes halogenated alkanes) is 8. The topological polar surface area (TPSA) is 67.8 Å². The van der Waals surface area contributed by atoms with Crippen molar-refractivity contribution in [1.82, 2.24) is 5.32 Å². The first kappa shape index (κ1) is 28.8. The molecule has 0 spiro atoms. The minimum atomic E-state index is -1.80. The molecular formula is C24H50N2O4P+.